The Labute approximate surface area is 208 Å². The molecule has 2 atom stereocenters. The van der Waals surface area contributed by atoms with Crippen LogP contribution < -0.4 is 10.6 Å². The van der Waals surface area contributed by atoms with Crippen molar-refractivity contribution in [2.45, 2.75) is 127 Å². The maximum absolute atomic E-state index is 12.4. The summed E-state index contributed by atoms with van der Waals surface area (Å²) in [6.07, 6.45) is 23.1. The lowest BCUT2D eigenvalue weighted by Gasteiger charge is -2.13. The van der Waals surface area contributed by atoms with Gasteiger partial charge in [0.1, 0.15) is 0 Å². The smallest absolute Gasteiger partial charge is 0.238 e. The maximum atomic E-state index is 12.4. The normalized spacial score (nSPS) is 18.0. The number of thioether (sulfide) groups is 1. The Morgan fingerprint density at radius 1 is 0.818 bits per heavy atom. The van der Waals surface area contributed by atoms with Crippen molar-refractivity contribution in [3.05, 3.63) is 35.9 Å². The minimum atomic E-state index is -0.0372. The summed E-state index contributed by atoms with van der Waals surface area (Å²) in [5, 5.41) is 6.99. The summed E-state index contributed by atoms with van der Waals surface area (Å²) in [6.45, 7) is 3.11. The molecule has 1 fully saturated rings. The number of carbonyl (C=O) groups excluding carboxylic acids is 1. The van der Waals surface area contributed by atoms with E-state index in [1.165, 1.54) is 102 Å². The van der Waals surface area contributed by atoms with Crippen molar-refractivity contribution in [2.75, 3.05) is 12.3 Å². The van der Waals surface area contributed by atoms with Crippen molar-refractivity contribution < 1.29 is 4.79 Å². The molecule has 33 heavy (non-hydrogen) atoms. The first-order chi connectivity index (χ1) is 16.3. The zero-order chi connectivity index (χ0) is 23.4. The van der Waals surface area contributed by atoms with Crippen molar-refractivity contribution in [2.24, 2.45) is 0 Å². The standard InChI is InChI=1S/C29H50N2OS/c1-2-3-4-5-6-7-8-9-10-11-12-13-14-15-16-20-23-30-29(32)27-25-33-28(31-27)24-26-21-18-17-19-22-26/h17-19,21-22,27-28,31H,2-16,20,23-25H2,1H3,(H,30,32)/t27-,28?/m1/s1. The molecule has 0 radical (unpaired) electrons. The summed E-state index contributed by atoms with van der Waals surface area (Å²) in [5.74, 6) is 1.06. The highest BCUT2D eigenvalue weighted by Gasteiger charge is 2.29. The zero-order valence-corrected chi connectivity index (χ0v) is 22.1. The van der Waals surface area contributed by atoms with Crippen molar-refractivity contribution >= 4 is 17.7 Å². The minimum Gasteiger partial charge on any atom is -0.355 e. The SMILES string of the molecule is CCCCCCCCCCCCCCCCCCNC(=O)[C@H]1CSC(Cc2ccccc2)N1. The topological polar surface area (TPSA) is 41.1 Å². The van der Waals surface area contributed by atoms with Crippen LogP contribution in [0.5, 0.6) is 0 Å². The van der Waals surface area contributed by atoms with E-state index in [-0.39, 0.29) is 11.9 Å². The number of benzene rings is 1. The molecule has 0 saturated carbocycles. The van der Waals surface area contributed by atoms with E-state index in [0.717, 1.165) is 25.1 Å². The molecule has 1 aliphatic rings. The molecule has 1 amide bonds. The molecule has 0 spiro atoms. The molecular weight excluding hydrogens is 424 g/mol. The van der Waals surface area contributed by atoms with Gasteiger partial charge in [-0.2, -0.15) is 0 Å². The maximum Gasteiger partial charge on any atom is 0.238 e. The molecule has 188 valence electrons. The first-order valence-electron chi connectivity index (χ1n) is 14.0. The first kappa shape index (κ1) is 28.2. The Hall–Kier alpha value is -1.00. The molecule has 0 bridgehead atoms. The molecule has 1 aromatic carbocycles. The molecule has 1 aromatic rings. The monoisotopic (exact) mass is 474 g/mol. The van der Waals surface area contributed by atoms with Crippen molar-refractivity contribution in [3.8, 4) is 0 Å². The second-order valence-corrected chi connectivity index (χ2v) is 11.1. The van der Waals surface area contributed by atoms with Crippen LogP contribution in [-0.4, -0.2) is 29.6 Å². The van der Waals surface area contributed by atoms with Crippen molar-refractivity contribution in [1.29, 1.82) is 0 Å². The third-order valence-electron chi connectivity index (χ3n) is 6.76. The second-order valence-electron chi connectivity index (χ2n) is 9.83. The van der Waals surface area contributed by atoms with Gasteiger partial charge in [0.15, 0.2) is 0 Å². The summed E-state index contributed by atoms with van der Waals surface area (Å²) < 4.78 is 0. The molecule has 1 aliphatic heterocycles. The Morgan fingerprint density at radius 2 is 1.33 bits per heavy atom. The number of amides is 1. The fraction of sp³-hybridized carbons (Fsp3) is 0.759. The molecular formula is C29H50N2OS. The molecule has 1 heterocycles. The second kappa shape index (κ2) is 19.3. The van der Waals surface area contributed by atoms with Gasteiger partial charge < -0.3 is 5.32 Å². The van der Waals surface area contributed by atoms with Crippen LogP contribution in [0.2, 0.25) is 0 Å². The van der Waals surface area contributed by atoms with Crippen LogP contribution in [0.4, 0.5) is 0 Å². The summed E-state index contributed by atoms with van der Waals surface area (Å²) >= 11 is 1.87. The van der Waals surface area contributed by atoms with Crippen LogP contribution in [0.15, 0.2) is 30.3 Å². The Balaban J connectivity index is 1.32. The Kier molecular flexibility index (Phi) is 16.5. The summed E-state index contributed by atoms with van der Waals surface area (Å²) in [6, 6.07) is 10.5. The van der Waals surface area contributed by atoms with E-state index in [2.05, 4.69) is 41.8 Å². The number of nitrogens with one attached hydrogen (secondary N) is 2. The molecule has 0 aliphatic carbocycles. The summed E-state index contributed by atoms with van der Waals surface area (Å²) in [7, 11) is 0. The van der Waals surface area contributed by atoms with Gasteiger partial charge in [0.05, 0.1) is 11.4 Å². The van der Waals surface area contributed by atoms with Gasteiger partial charge in [0, 0.05) is 12.3 Å². The lowest BCUT2D eigenvalue weighted by atomic mass is 10.0. The highest BCUT2D eigenvalue weighted by molar-refractivity contribution is 8.00. The molecule has 1 unspecified atom stereocenters. The average molecular weight is 475 g/mol. The van der Waals surface area contributed by atoms with Crippen LogP contribution in [0.1, 0.15) is 115 Å². The largest absolute Gasteiger partial charge is 0.355 e. The highest BCUT2D eigenvalue weighted by Crippen LogP contribution is 2.22. The molecule has 4 heteroatoms. The van der Waals surface area contributed by atoms with Crippen molar-refractivity contribution in [3.63, 3.8) is 0 Å². The molecule has 2 N–H and O–H groups in total. The van der Waals surface area contributed by atoms with Gasteiger partial charge in [0.2, 0.25) is 5.91 Å². The number of carbonyl (C=O) groups is 1. The van der Waals surface area contributed by atoms with Crippen LogP contribution in [0.25, 0.3) is 0 Å². The highest BCUT2D eigenvalue weighted by atomic mass is 32.2. The number of hydrogen-bond acceptors (Lipinski definition) is 3. The molecule has 3 nitrogen and oxygen atoms in total. The van der Waals surface area contributed by atoms with Gasteiger partial charge in [0.25, 0.3) is 0 Å². The van der Waals surface area contributed by atoms with Gasteiger partial charge in [-0.05, 0) is 18.4 Å². The predicted molar refractivity (Wildman–Crippen MR) is 146 cm³/mol. The number of hydrogen-bond donors (Lipinski definition) is 2. The third kappa shape index (κ3) is 14.1. The molecule has 2 rings (SSSR count). The first-order valence-corrected chi connectivity index (χ1v) is 15.0. The van der Waals surface area contributed by atoms with Gasteiger partial charge in [-0.1, -0.05) is 134 Å². The fourth-order valence-electron chi connectivity index (χ4n) is 4.64. The number of unbranched alkanes of at least 4 members (excludes halogenated alkanes) is 15. The van der Waals surface area contributed by atoms with E-state index in [4.69, 9.17) is 0 Å². The minimum absolute atomic E-state index is 0.0372. The fourth-order valence-corrected chi connectivity index (χ4v) is 5.88. The van der Waals surface area contributed by atoms with Gasteiger partial charge in [-0.3, -0.25) is 10.1 Å². The summed E-state index contributed by atoms with van der Waals surface area (Å²) in [5.41, 5.74) is 1.33. The quantitative estimate of drug-likeness (QED) is 0.191. The van der Waals surface area contributed by atoms with E-state index in [9.17, 15) is 4.79 Å². The Morgan fingerprint density at radius 3 is 1.88 bits per heavy atom. The molecule has 0 aromatic heterocycles. The van der Waals surface area contributed by atoms with Gasteiger partial charge in [-0.15, -0.1) is 11.8 Å². The van der Waals surface area contributed by atoms with E-state index in [1.807, 2.05) is 17.8 Å². The zero-order valence-electron chi connectivity index (χ0n) is 21.3. The van der Waals surface area contributed by atoms with Gasteiger partial charge in [-0.25, -0.2) is 0 Å². The average Bonchev–Trinajstić information content (AvgIpc) is 3.30. The van der Waals surface area contributed by atoms with E-state index in [0.29, 0.717) is 5.37 Å². The van der Waals surface area contributed by atoms with E-state index < -0.39 is 0 Å². The van der Waals surface area contributed by atoms with Crippen LogP contribution in [0.3, 0.4) is 0 Å². The lowest BCUT2D eigenvalue weighted by molar-refractivity contribution is -0.122. The van der Waals surface area contributed by atoms with Crippen molar-refractivity contribution in [1.82, 2.24) is 10.6 Å². The van der Waals surface area contributed by atoms with Crippen LogP contribution >= 0.6 is 11.8 Å². The van der Waals surface area contributed by atoms with Gasteiger partial charge >= 0.3 is 0 Å². The summed E-state index contributed by atoms with van der Waals surface area (Å²) in [4.78, 5) is 12.4. The predicted octanol–water partition coefficient (Wildman–Crippen LogP) is 7.64. The lowest BCUT2D eigenvalue weighted by Crippen LogP contribution is -2.44. The van der Waals surface area contributed by atoms with Crippen LogP contribution in [0, 0.1) is 0 Å². The molecule has 1 saturated heterocycles. The van der Waals surface area contributed by atoms with E-state index in [1.54, 1.807) is 0 Å². The number of rotatable bonds is 20. The third-order valence-corrected chi connectivity index (χ3v) is 7.99. The van der Waals surface area contributed by atoms with E-state index >= 15 is 0 Å². The van der Waals surface area contributed by atoms with Crippen LogP contribution in [-0.2, 0) is 11.2 Å². The Bertz CT molecular complexity index is 595.